The molecule has 1 fully saturated rings. The highest BCUT2D eigenvalue weighted by Crippen LogP contribution is 2.30. The summed E-state index contributed by atoms with van der Waals surface area (Å²) < 4.78 is 0. The normalized spacial score (nSPS) is 19.2. The zero-order valence-corrected chi connectivity index (χ0v) is 10.2. The summed E-state index contributed by atoms with van der Waals surface area (Å²) in [5.41, 5.74) is -0.00830. The summed E-state index contributed by atoms with van der Waals surface area (Å²) >= 11 is 0. The molecule has 3 N–H and O–H groups in total. The number of carbonyl (C=O) groups excluding carboxylic acids is 1. The molecule has 0 radical (unpaired) electrons. The van der Waals surface area contributed by atoms with Gasteiger partial charge in [0.1, 0.15) is 0 Å². The summed E-state index contributed by atoms with van der Waals surface area (Å²) in [5, 5.41) is 28.0. The lowest BCUT2D eigenvalue weighted by molar-refractivity contribution is -0.143. The Morgan fingerprint density at radius 1 is 1.26 bits per heavy atom. The van der Waals surface area contributed by atoms with Gasteiger partial charge in [-0.3, -0.25) is 9.59 Å². The molecule has 1 saturated heterocycles. The van der Waals surface area contributed by atoms with Crippen LogP contribution in [0.3, 0.4) is 0 Å². The number of carbonyl (C=O) groups is 2. The van der Waals surface area contributed by atoms with Crippen molar-refractivity contribution in [1.82, 2.24) is 4.90 Å². The van der Waals surface area contributed by atoms with Crippen molar-refractivity contribution in [2.24, 2.45) is 5.92 Å². The minimum Gasteiger partial charge on any atom is -0.504 e. The summed E-state index contributed by atoms with van der Waals surface area (Å²) in [6, 6.07) is 4.14. The molecule has 19 heavy (non-hydrogen) atoms. The van der Waals surface area contributed by atoms with Crippen LogP contribution in [-0.4, -0.2) is 45.2 Å². The zero-order valence-electron chi connectivity index (χ0n) is 10.2. The number of likely N-dealkylation sites (tertiary alicyclic amines) is 1. The van der Waals surface area contributed by atoms with Crippen molar-refractivity contribution >= 4 is 11.9 Å². The van der Waals surface area contributed by atoms with E-state index >= 15 is 0 Å². The Hall–Kier alpha value is -2.24. The largest absolute Gasteiger partial charge is 0.504 e. The fraction of sp³-hybridized carbons (Fsp3) is 0.385. The van der Waals surface area contributed by atoms with Gasteiger partial charge in [0.2, 0.25) is 0 Å². The fourth-order valence-corrected chi connectivity index (χ4v) is 2.24. The van der Waals surface area contributed by atoms with Gasteiger partial charge in [-0.2, -0.15) is 0 Å². The number of benzene rings is 1. The van der Waals surface area contributed by atoms with Crippen molar-refractivity contribution in [2.75, 3.05) is 13.1 Å². The Morgan fingerprint density at radius 2 is 2.00 bits per heavy atom. The molecule has 1 heterocycles. The smallest absolute Gasteiger partial charge is 0.308 e. The molecule has 0 saturated carbocycles. The maximum Gasteiger partial charge on any atom is 0.308 e. The second kappa shape index (κ2) is 5.17. The van der Waals surface area contributed by atoms with E-state index in [1.165, 1.54) is 23.1 Å². The molecular weight excluding hydrogens is 250 g/mol. The lowest BCUT2D eigenvalue weighted by atomic mass is 9.97. The Labute approximate surface area is 109 Å². The molecule has 6 nitrogen and oxygen atoms in total. The highest BCUT2D eigenvalue weighted by Gasteiger charge is 2.29. The van der Waals surface area contributed by atoms with Crippen LogP contribution in [0, 0.1) is 5.92 Å². The van der Waals surface area contributed by atoms with Gasteiger partial charge in [0.25, 0.3) is 5.91 Å². The first-order chi connectivity index (χ1) is 9.00. The van der Waals surface area contributed by atoms with E-state index in [-0.39, 0.29) is 17.9 Å². The maximum absolute atomic E-state index is 12.2. The summed E-state index contributed by atoms with van der Waals surface area (Å²) in [7, 11) is 0. The van der Waals surface area contributed by atoms with Crippen LogP contribution in [0.15, 0.2) is 18.2 Å². The van der Waals surface area contributed by atoms with Crippen LogP contribution in [0.25, 0.3) is 0 Å². The Kier molecular flexibility index (Phi) is 3.59. The Balaban J connectivity index is 2.19. The third-order valence-electron chi connectivity index (χ3n) is 3.30. The molecule has 102 valence electrons. The summed E-state index contributed by atoms with van der Waals surface area (Å²) in [6.07, 6.45) is 1.16. The number of amides is 1. The van der Waals surface area contributed by atoms with Crippen LogP contribution in [-0.2, 0) is 4.79 Å². The quantitative estimate of drug-likeness (QED) is 0.694. The number of aliphatic carboxylic acids is 1. The number of nitrogens with zero attached hydrogens (tertiary/aromatic N) is 1. The highest BCUT2D eigenvalue weighted by atomic mass is 16.4. The number of hydrogen-bond acceptors (Lipinski definition) is 4. The van der Waals surface area contributed by atoms with E-state index in [1.807, 2.05) is 0 Å². The molecular formula is C13H15NO5. The molecule has 0 spiro atoms. The third-order valence-corrected chi connectivity index (χ3v) is 3.30. The SMILES string of the molecule is O=C(O)[C@@H]1CCCN(C(=O)c2cccc(O)c2O)C1. The van der Waals surface area contributed by atoms with Gasteiger partial charge in [-0.05, 0) is 25.0 Å². The van der Waals surface area contributed by atoms with Crippen molar-refractivity contribution in [2.45, 2.75) is 12.8 Å². The second-order valence-electron chi connectivity index (χ2n) is 4.60. The highest BCUT2D eigenvalue weighted by molar-refractivity contribution is 5.97. The van der Waals surface area contributed by atoms with Crippen LogP contribution in [0.1, 0.15) is 23.2 Å². The standard InChI is InChI=1S/C13H15NO5/c15-10-5-1-4-9(11(10)16)12(17)14-6-2-3-8(7-14)13(18)19/h1,4-5,8,15-16H,2-3,6-7H2,(H,18,19)/t8-/m1/s1. The van der Waals surface area contributed by atoms with Crippen molar-refractivity contribution in [1.29, 1.82) is 0 Å². The molecule has 2 rings (SSSR count). The monoisotopic (exact) mass is 265 g/mol. The van der Waals surface area contributed by atoms with Crippen molar-refractivity contribution < 1.29 is 24.9 Å². The molecule has 0 aliphatic carbocycles. The van der Waals surface area contributed by atoms with Gasteiger partial charge in [0, 0.05) is 13.1 Å². The van der Waals surface area contributed by atoms with E-state index in [0.717, 1.165) is 0 Å². The number of para-hydroxylation sites is 1. The van der Waals surface area contributed by atoms with E-state index in [4.69, 9.17) is 5.11 Å². The molecule has 0 aromatic heterocycles. The zero-order chi connectivity index (χ0) is 14.0. The predicted molar refractivity (Wildman–Crippen MR) is 66.0 cm³/mol. The lowest BCUT2D eigenvalue weighted by Gasteiger charge is -2.30. The van der Waals surface area contributed by atoms with Crippen LogP contribution < -0.4 is 0 Å². The number of rotatable bonds is 2. The van der Waals surface area contributed by atoms with Gasteiger partial charge in [0.15, 0.2) is 11.5 Å². The number of hydrogen-bond donors (Lipinski definition) is 3. The van der Waals surface area contributed by atoms with Gasteiger partial charge < -0.3 is 20.2 Å². The molecule has 0 bridgehead atoms. The number of piperidine rings is 1. The number of phenolic OH excluding ortho intramolecular Hbond substituents is 2. The molecule has 1 atom stereocenters. The van der Waals surface area contributed by atoms with Crippen molar-refractivity contribution in [3.63, 3.8) is 0 Å². The Bertz CT molecular complexity index is 514. The van der Waals surface area contributed by atoms with Crippen LogP contribution >= 0.6 is 0 Å². The Morgan fingerprint density at radius 3 is 2.68 bits per heavy atom. The average molecular weight is 265 g/mol. The summed E-state index contributed by atoms with van der Waals surface area (Å²) in [6.45, 7) is 0.584. The van der Waals surface area contributed by atoms with Gasteiger partial charge >= 0.3 is 5.97 Å². The van der Waals surface area contributed by atoms with E-state index < -0.39 is 23.5 Å². The number of aromatic hydroxyl groups is 2. The van der Waals surface area contributed by atoms with Gasteiger partial charge in [-0.25, -0.2) is 0 Å². The van der Waals surface area contributed by atoms with Crippen LogP contribution in [0.4, 0.5) is 0 Å². The number of carboxylic acids is 1. The molecule has 1 aliphatic rings. The first-order valence-electron chi connectivity index (χ1n) is 6.03. The molecule has 1 aromatic carbocycles. The summed E-state index contributed by atoms with van der Waals surface area (Å²) in [5.74, 6) is -2.78. The molecule has 1 aliphatic heterocycles. The molecule has 1 amide bonds. The second-order valence-corrected chi connectivity index (χ2v) is 4.60. The van der Waals surface area contributed by atoms with E-state index in [0.29, 0.717) is 19.4 Å². The van der Waals surface area contributed by atoms with Crippen LogP contribution in [0.2, 0.25) is 0 Å². The number of carboxylic acid groups (broad SMARTS) is 1. The predicted octanol–water partition coefficient (Wildman–Crippen LogP) is 1.03. The maximum atomic E-state index is 12.2. The minimum atomic E-state index is -0.919. The number of phenols is 2. The fourth-order valence-electron chi connectivity index (χ4n) is 2.24. The van der Waals surface area contributed by atoms with Gasteiger partial charge in [-0.15, -0.1) is 0 Å². The van der Waals surface area contributed by atoms with E-state index in [1.54, 1.807) is 0 Å². The molecule has 1 aromatic rings. The van der Waals surface area contributed by atoms with Crippen molar-refractivity contribution in [3.05, 3.63) is 23.8 Å². The molecule has 6 heteroatoms. The van der Waals surface area contributed by atoms with Gasteiger partial charge in [-0.1, -0.05) is 6.07 Å². The average Bonchev–Trinajstić information content (AvgIpc) is 2.41. The van der Waals surface area contributed by atoms with Crippen molar-refractivity contribution in [3.8, 4) is 11.5 Å². The van der Waals surface area contributed by atoms with Crippen LogP contribution in [0.5, 0.6) is 11.5 Å². The van der Waals surface area contributed by atoms with E-state index in [2.05, 4.69) is 0 Å². The van der Waals surface area contributed by atoms with E-state index in [9.17, 15) is 19.8 Å². The third kappa shape index (κ3) is 2.62. The topological polar surface area (TPSA) is 98.1 Å². The first kappa shape index (κ1) is 13.2. The first-order valence-corrected chi connectivity index (χ1v) is 6.03. The van der Waals surface area contributed by atoms with Gasteiger partial charge in [0.05, 0.1) is 11.5 Å². The lowest BCUT2D eigenvalue weighted by Crippen LogP contribution is -2.42. The summed E-state index contributed by atoms with van der Waals surface area (Å²) in [4.78, 5) is 24.6. The minimum absolute atomic E-state index is 0.00830. The molecule has 0 unspecified atom stereocenters.